The Morgan fingerprint density at radius 3 is 2.64 bits per heavy atom. The Bertz CT molecular complexity index is 357. The van der Waals surface area contributed by atoms with Gasteiger partial charge < -0.3 is 5.73 Å². The Morgan fingerprint density at radius 1 is 1.57 bits per heavy atom. The van der Waals surface area contributed by atoms with Gasteiger partial charge in [0, 0.05) is 18.3 Å². The molecule has 0 unspecified atom stereocenters. The summed E-state index contributed by atoms with van der Waals surface area (Å²) in [5.41, 5.74) is 4.04. The fourth-order valence-corrected chi connectivity index (χ4v) is 1.06. The highest BCUT2D eigenvalue weighted by Crippen LogP contribution is 2.27. The van der Waals surface area contributed by atoms with Crippen LogP contribution in [0.15, 0.2) is 12.4 Å². The van der Waals surface area contributed by atoms with E-state index in [0.717, 1.165) is 12.4 Å². The molecule has 2 N–H and O–H groups in total. The number of nitrogens with zero attached hydrogens (tertiary/aromatic N) is 2. The van der Waals surface area contributed by atoms with E-state index in [1.807, 2.05) is 0 Å². The third kappa shape index (κ3) is 1.82. The van der Waals surface area contributed by atoms with Crippen molar-refractivity contribution in [2.45, 2.75) is 13.0 Å². The van der Waals surface area contributed by atoms with Gasteiger partial charge in [-0.1, -0.05) is 0 Å². The lowest BCUT2D eigenvalue weighted by molar-refractivity contribution is -0.386. The molecule has 0 aliphatic rings. The minimum Gasteiger partial charge on any atom is -0.326 e. The van der Waals surface area contributed by atoms with Crippen molar-refractivity contribution in [3.63, 3.8) is 0 Å². The fraction of sp³-hybridized carbons (Fsp3) is 0.286. The highest BCUT2D eigenvalue weighted by Gasteiger charge is 2.21. The molecule has 0 atom stereocenters. The third-order valence-electron chi connectivity index (χ3n) is 1.70. The van der Waals surface area contributed by atoms with Crippen molar-refractivity contribution < 1.29 is 13.7 Å². The van der Waals surface area contributed by atoms with Crippen LogP contribution >= 0.6 is 0 Å². The van der Waals surface area contributed by atoms with Crippen LogP contribution in [0, 0.1) is 10.1 Å². The van der Waals surface area contributed by atoms with Gasteiger partial charge >= 0.3 is 0 Å². The second-order valence-corrected chi connectivity index (χ2v) is 2.49. The molecule has 14 heavy (non-hydrogen) atoms. The van der Waals surface area contributed by atoms with E-state index in [9.17, 15) is 18.9 Å². The molecular weight excluding hydrogens is 196 g/mol. The number of hydrogen-bond acceptors (Lipinski definition) is 4. The minimum absolute atomic E-state index is 0.167. The van der Waals surface area contributed by atoms with Crippen LogP contribution < -0.4 is 5.73 Å². The molecule has 0 bridgehead atoms. The van der Waals surface area contributed by atoms with Crippen LogP contribution in [0.1, 0.15) is 17.6 Å². The van der Waals surface area contributed by atoms with Gasteiger partial charge in [0.2, 0.25) is 0 Å². The summed E-state index contributed by atoms with van der Waals surface area (Å²) in [5, 5.41) is 10.4. The number of rotatable bonds is 3. The summed E-state index contributed by atoms with van der Waals surface area (Å²) < 4.78 is 24.7. The molecule has 0 amide bonds. The monoisotopic (exact) mass is 203 g/mol. The predicted molar refractivity (Wildman–Crippen MR) is 43.7 cm³/mol. The molecule has 0 fully saturated rings. The van der Waals surface area contributed by atoms with E-state index in [2.05, 4.69) is 4.98 Å². The second-order valence-electron chi connectivity index (χ2n) is 2.49. The van der Waals surface area contributed by atoms with Crippen LogP contribution in [0.5, 0.6) is 0 Å². The molecule has 0 aliphatic heterocycles. The molecule has 5 nitrogen and oxygen atoms in total. The van der Waals surface area contributed by atoms with Gasteiger partial charge in [-0.25, -0.2) is 8.78 Å². The Hall–Kier alpha value is -1.63. The van der Waals surface area contributed by atoms with Gasteiger partial charge in [-0.05, 0) is 0 Å². The average molecular weight is 203 g/mol. The van der Waals surface area contributed by atoms with Crippen LogP contribution in [0.4, 0.5) is 14.5 Å². The number of hydrogen-bond donors (Lipinski definition) is 1. The normalized spacial score (nSPS) is 10.6. The largest absolute Gasteiger partial charge is 0.326 e. The molecule has 1 aromatic rings. The summed E-state index contributed by atoms with van der Waals surface area (Å²) in [6.07, 6.45) is -1.01. The van der Waals surface area contributed by atoms with E-state index >= 15 is 0 Å². The quantitative estimate of drug-likeness (QED) is 0.594. The zero-order chi connectivity index (χ0) is 10.7. The molecular formula is C7H7F2N3O2. The predicted octanol–water partition coefficient (Wildman–Crippen LogP) is 1.39. The van der Waals surface area contributed by atoms with Crippen LogP contribution in [-0.2, 0) is 6.54 Å². The van der Waals surface area contributed by atoms with Crippen molar-refractivity contribution in [1.29, 1.82) is 0 Å². The van der Waals surface area contributed by atoms with Crippen molar-refractivity contribution in [2.75, 3.05) is 0 Å². The molecule has 1 heterocycles. The van der Waals surface area contributed by atoms with Crippen molar-refractivity contribution in [2.24, 2.45) is 5.73 Å². The Kier molecular flexibility index (Phi) is 3.03. The number of halogens is 2. The van der Waals surface area contributed by atoms with Crippen molar-refractivity contribution in [1.82, 2.24) is 4.98 Å². The first-order valence-corrected chi connectivity index (χ1v) is 3.67. The van der Waals surface area contributed by atoms with Gasteiger partial charge in [0.05, 0.1) is 10.5 Å². The molecule has 0 radical (unpaired) electrons. The summed E-state index contributed by atoms with van der Waals surface area (Å²) >= 11 is 0. The summed E-state index contributed by atoms with van der Waals surface area (Å²) in [4.78, 5) is 13.0. The van der Waals surface area contributed by atoms with Crippen molar-refractivity contribution >= 4 is 5.69 Å². The smallest absolute Gasteiger partial charge is 0.292 e. The van der Waals surface area contributed by atoms with Gasteiger partial charge in [-0.2, -0.15) is 0 Å². The van der Waals surface area contributed by atoms with E-state index in [4.69, 9.17) is 5.73 Å². The maximum absolute atomic E-state index is 12.3. The van der Waals surface area contributed by atoms with Crippen LogP contribution in [0.2, 0.25) is 0 Å². The van der Waals surface area contributed by atoms with Gasteiger partial charge in [0.15, 0.2) is 0 Å². The van der Waals surface area contributed by atoms with Gasteiger partial charge in [0.25, 0.3) is 12.1 Å². The first-order valence-electron chi connectivity index (χ1n) is 3.67. The molecule has 7 heteroatoms. The van der Waals surface area contributed by atoms with Crippen LogP contribution in [0.25, 0.3) is 0 Å². The standard InChI is InChI=1S/C7H7F2N3O2/c8-7(9)5-2-11-3-6(12(13)14)4(5)1-10/h2-3,7H,1,10H2. The van der Waals surface area contributed by atoms with E-state index in [1.165, 1.54) is 0 Å². The van der Waals surface area contributed by atoms with Gasteiger partial charge in [0.1, 0.15) is 6.20 Å². The highest BCUT2D eigenvalue weighted by atomic mass is 19.3. The maximum atomic E-state index is 12.3. The van der Waals surface area contributed by atoms with Gasteiger partial charge in [-0.3, -0.25) is 15.1 Å². The lowest BCUT2D eigenvalue weighted by Crippen LogP contribution is -2.07. The summed E-state index contributed by atoms with van der Waals surface area (Å²) in [6.45, 7) is -0.307. The zero-order valence-electron chi connectivity index (χ0n) is 6.98. The lowest BCUT2D eigenvalue weighted by Gasteiger charge is -2.05. The molecule has 1 aromatic heterocycles. The number of nitro groups is 1. The molecule has 0 aromatic carbocycles. The average Bonchev–Trinajstić information content (AvgIpc) is 2.16. The lowest BCUT2D eigenvalue weighted by atomic mass is 10.1. The Balaban J connectivity index is 3.32. The molecule has 0 saturated carbocycles. The van der Waals surface area contributed by atoms with Gasteiger partial charge in [-0.15, -0.1) is 0 Å². The molecule has 0 spiro atoms. The first-order chi connectivity index (χ1) is 6.57. The summed E-state index contributed by atoms with van der Waals surface area (Å²) in [5.74, 6) is 0. The Labute approximate surface area is 77.7 Å². The Morgan fingerprint density at radius 2 is 2.21 bits per heavy atom. The second kappa shape index (κ2) is 4.05. The van der Waals surface area contributed by atoms with E-state index < -0.39 is 22.6 Å². The van der Waals surface area contributed by atoms with E-state index in [1.54, 1.807) is 0 Å². The van der Waals surface area contributed by atoms with E-state index in [-0.39, 0.29) is 12.1 Å². The molecule has 76 valence electrons. The minimum atomic E-state index is -2.80. The van der Waals surface area contributed by atoms with Crippen molar-refractivity contribution in [3.8, 4) is 0 Å². The fourth-order valence-electron chi connectivity index (χ4n) is 1.06. The number of nitrogens with two attached hydrogens (primary N) is 1. The zero-order valence-corrected chi connectivity index (χ0v) is 6.98. The van der Waals surface area contributed by atoms with Crippen LogP contribution in [-0.4, -0.2) is 9.91 Å². The summed E-state index contributed by atoms with van der Waals surface area (Å²) in [7, 11) is 0. The molecule has 0 aliphatic carbocycles. The maximum Gasteiger partial charge on any atom is 0.292 e. The highest BCUT2D eigenvalue weighted by molar-refractivity contribution is 5.42. The van der Waals surface area contributed by atoms with Crippen LogP contribution in [0.3, 0.4) is 0 Å². The number of aromatic nitrogens is 1. The SMILES string of the molecule is NCc1c(C(F)F)cncc1[N+](=O)[O-]. The topological polar surface area (TPSA) is 82.0 Å². The number of alkyl halides is 2. The van der Waals surface area contributed by atoms with Crippen molar-refractivity contribution in [3.05, 3.63) is 33.6 Å². The first kappa shape index (κ1) is 10.5. The number of pyridine rings is 1. The summed E-state index contributed by atoms with van der Waals surface area (Å²) in [6, 6.07) is 0. The third-order valence-corrected chi connectivity index (χ3v) is 1.70. The molecule has 0 saturated heterocycles. The molecule has 1 rings (SSSR count). The van der Waals surface area contributed by atoms with E-state index in [0.29, 0.717) is 0 Å².